The monoisotopic (exact) mass is 307 g/mol. The number of rotatable bonds is 4. The topological polar surface area (TPSA) is 69.4 Å². The molecule has 5 nitrogen and oxygen atoms in total. The Labute approximate surface area is 126 Å². The molecule has 1 atom stereocenters. The highest BCUT2D eigenvalue weighted by Crippen LogP contribution is 2.16. The fraction of sp³-hybridized carbons (Fsp3) is 0.267. The minimum absolute atomic E-state index is 0.255. The van der Waals surface area contributed by atoms with E-state index in [2.05, 4.69) is 5.16 Å². The summed E-state index contributed by atoms with van der Waals surface area (Å²) < 4.78 is 10.1. The second-order valence-corrected chi connectivity index (χ2v) is 5.05. The molecule has 0 radical (unpaired) electrons. The number of hydrogen-bond donors (Lipinski definition) is 0. The van der Waals surface area contributed by atoms with Gasteiger partial charge in [0.05, 0.1) is 5.69 Å². The minimum atomic E-state index is -0.910. The predicted octanol–water partition coefficient (Wildman–Crippen LogP) is 3.37. The molecule has 0 bridgehead atoms. The van der Waals surface area contributed by atoms with Crippen molar-refractivity contribution in [3.8, 4) is 0 Å². The third-order valence-corrected chi connectivity index (χ3v) is 3.27. The Balaban J connectivity index is 2.11. The molecule has 0 N–H and O–H groups in total. The normalized spacial score (nSPS) is 12.0. The van der Waals surface area contributed by atoms with Gasteiger partial charge in [-0.1, -0.05) is 16.8 Å². The lowest BCUT2D eigenvalue weighted by Crippen LogP contribution is -2.24. The first kappa shape index (κ1) is 15.3. The average Bonchev–Trinajstić information content (AvgIpc) is 2.78. The molecule has 1 heterocycles. The molecule has 1 aromatic carbocycles. The maximum atomic E-state index is 12.2. The van der Waals surface area contributed by atoms with Crippen LogP contribution < -0.4 is 0 Å². The van der Waals surface area contributed by atoms with Crippen LogP contribution in [0.1, 0.15) is 39.1 Å². The fourth-order valence-electron chi connectivity index (χ4n) is 1.90. The summed E-state index contributed by atoms with van der Waals surface area (Å²) in [5, 5.41) is 4.22. The van der Waals surface area contributed by atoms with Gasteiger partial charge < -0.3 is 9.26 Å². The van der Waals surface area contributed by atoms with Gasteiger partial charge in [0.15, 0.2) is 6.10 Å². The molecule has 0 amide bonds. The van der Waals surface area contributed by atoms with Gasteiger partial charge in [0.25, 0.3) is 0 Å². The van der Waals surface area contributed by atoms with Crippen molar-refractivity contribution in [1.82, 2.24) is 5.16 Å². The number of hydrogen-bond acceptors (Lipinski definition) is 5. The molecule has 0 aliphatic carbocycles. The van der Waals surface area contributed by atoms with Crippen molar-refractivity contribution in [1.29, 1.82) is 0 Å². The molecule has 0 aliphatic heterocycles. The van der Waals surface area contributed by atoms with Crippen molar-refractivity contribution in [3.63, 3.8) is 0 Å². The Kier molecular flexibility index (Phi) is 4.43. The van der Waals surface area contributed by atoms with Gasteiger partial charge in [-0.3, -0.25) is 4.79 Å². The summed E-state index contributed by atoms with van der Waals surface area (Å²) in [5.41, 5.74) is 1.12. The molecule has 2 aromatic rings. The van der Waals surface area contributed by atoms with Crippen molar-refractivity contribution in [3.05, 3.63) is 51.9 Å². The van der Waals surface area contributed by atoms with Crippen LogP contribution in [-0.2, 0) is 4.74 Å². The Bertz CT molecular complexity index is 656. The van der Waals surface area contributed by atoms with Crippen molar-refractivity contribution in [2.24, 2.45) is 0 Å². The van der Waals surface area contributed by atoms with Gasteiger partial charge in [-0.05, 0) is 45.0 Å². The summed E-state index contributed by atoms with van der Waals surface area (Å²) in [4.78, 5) is 24.2. The van der Waals surface area contributed by atoms with Gasteiger partial charge in [0.2, 0.25) is 5.78 Å². The summed E-state index contributed by atoms with van der Waals surface area (Å²) in [6.07, 6.45) is -0.910. The largest absolute Gasteiger partial charge is 0.451 e. The Hall–Kier alpha value is -2.14. The summed E-state index contributed by atoms with van der Waals surface area (Å²) >= 11 is 5.77. The molecule has 0 unspecified atom stereocenters. The van der Waals surface area contributed by atoms with Crippen molar-refractivity contribution in [2.75, 3.05) is 0 Å². The van der Waals surface area contributed by atoms with Crippen LogP contribution in [-0.4, -0.2) is 23.0 Å². The van der Waals surface area contributed by atoms with Crippen LogP contribution in [0.15, 0.2) is 28.8 Å². The number of carbonyl (C=O) groups is 2. The van der Waals surface area contributed by atoms with Gasteiger partial charge >= 0.3 is 5.97 Å². The number of carbonyl (C=O) groups excluding carboxylic acids is 2. The fourth-order valence-corrected chi connectivity index (χ4v) is 2.02. The molecule has 6 heteroatoms. The average molecular weight is 308 g/mol. The smallest absolute Gasteiger partial charge is 0.344 e. The highest BCUT2D eigenvalue weighted by Gasteiger charge is 2.24. The summed E-state index contributed by atoms with van der Waals surface area (Å²) in [5.74, 6) is -0.559. The number of benzene rings is 1. The van der Waals surface area contributed by atoms with Crippen molar-refractivity contribution in [2.45, 2.75) is 26.9 Å². The maximum Gasteiger partial charge on any atom is 0.344 e. The molecule has 0 aliphatic rings. The first-order valence-corrected chi connectivity index (χ1v) is 6.71. The maximum absolute atomic E-state index is 12.2. The van der Waals surface area contributed by atoms with Crippen molar-refractivity contribution < 1.29 is 18.8 Å². The third-order valence-electron chi connectivity index (χ3n) is 3.02. The van der Waals surface area contributed by atoms with E-state index in [1.807, 2.05) is 0 Å². The number of aromatic nitrogens is 1. The molecule has 21 heavy (non-hydrogen) atoms. The zero-order valence-electron chi connectivity index (χ0n) is 11.8. The number of esters is 1. The number of nitrogens with zero attached hydrogens (tertiary/aromatic N) is 1. The summed E-state index contributed by atoms with van der Waals surface area (Å²) in [6, 6.07) is 6.39. The van der Waals surface area contributed by atoms with Crippen LogP contribution >= 0.6 is 11.6 Å². The molecule has 0 spiro atoms. The van der Waals surface area contributed by atoms with Crippen LogP contribution in [0.4, 0.5) is 0 Å². The Morgan fingerprint density at radius 3 is 2.38 bits per heavy atom. The number of aryl methyl sites for hydroxylation is 2. The van der Waals surface area contributed by atoms with Gasteiger partial charge in [-0.25, -0.2) is 4.79 Å². The molecule has 0 saturated heterocycles. The predicted molar refractivity (Wildman–Crippen MR) is 76.6 cm³/mol. The summed E-state index contributed by atoms with van der Waals surface area (Å²) in [6.45, 7) is 4.77. The lowest BCUT2D eigenvalue weighted by molar-refractivity contribution is 0.0316. The van der Waals surface area contributed by atoms with Gasteiger partial charge in [-0.15, -0.1) is 0 Å². The SMILES string of the molecule is Cc1noc(C)c1C(=O)O[C@@H](C)C(=O)c1ccc(Cl)cc1. The molecule has 0 saturated carbocycles. The zero-order chi connectivity index (χ0) is 15.6. The number of Topliss-reactive ketones (excluding diaryl/α,β-unsaturated/α-hetero) is 1. The first-order valence-electron chi connectivity index (χ1n) is 6.33. The first-order chi connectivity index (χ1) is 9.90. The van der Waals surface area contributed by atoms with E-state index < -0.39 is 12.1 Å². The molecular weight excluding hydrogens is 294 g/mol. The van der Waals surface area contributed by atoms with Crippen LogP contribution in [0.2, 0.25) is 5.02 Å². The quantitative estimate of drug-likeness (QED) is 0.640. The highest BCUT2D eigenvalue weighted by atomic mass is 35.5. The second kappa shape index (κ2) is 6.10. The zero-order valence-corrected chi connectivity index (χ0v) is 12.6. The van der Waals surface area contributed by atoms with E-state index in [0.717, 1.165) is 0 Å². The Morgan fingerprint density at radius 1 is 1.24 bits per heavy atom. The van der Waals surface area contributed by atoms with Crippen LogP contribution in [0, 0.1) is 13.8 Å². The van der Waals surface area contributed by atoms with E-state index in [4.69, 9.17) is 20.9 Å². The lowest BCUT2D eigenvalue weighted by atomic mass is 10.1. The van der Waals surface area contributed by atoms with E-state index >= 15 is 0 Å². The molecule has 0 fully saturated rings. The van der Waals surface area contributed by atoms with E-state index in [1.165, 1.54) is 6.92 Å². The minimum Gasteiger partial charge on any atom is -0.451 e. The molecular formula is C15H14ClNO4. The molecule has 110 valence electrons. The number of halogens is 1. The number of ketones is 1. The van der Waals surface area contributed by atoms with Gasteiger partial charge in [0.1, 0.15) is 11.3 Å². The highest BCUT2D eigenvalue weighted by molar-refractivity contribution is 6.30. The Morgan fingerprint density at radius 2 is 1.86 bits per heavy atom. The van der Waals surface area contributed by atoms with E-state index in [1.54, 1.807) is 38.1 Å². The van der Waals surface area contributed by atoms with Crippen molar-refractivity contribution >= 4 is 23.4 Å². The van der Waals surface area contributed by atoms with Gasteiger partial charge in [0, 0.05) is 10.6 Å². The van der Waals surface area contributed by atoms with E-state index in [-0.39, 0.29) is 11.3 Å². The molecule has 1 aromatic heterocycles. The van der Waals surface area contributed by atoms with Crippen LogP contribution in [0.5, 0.6) is 0 Å². The summed E-state index contributed by atoms with van der Waals surface area (Å²) in [7, 11) is 0. The third kappa shape index (κ3) is 3.31. The molecule has 2 rings (SSSR count). The lowest BCUT2D eigenvalue weighted by Gasteiger charge is -2.12. The van der Waals surface area contributed by atoms with Crippen LogP contribution in [0.25, 0.3) is 0 Å². The second-order valence-electron chi connectivity index (χ2n) is 4.62. The van der Waals surface area contributed by atoms with Crippen LogP contribution in [0.3, 0.4) is 0 Å². The van der Waals surface area contributed by atoms with Gasteiger partial charge in [-0.2, -0.15) is 0 Å². The standard InChI is InChI=1S/C15H14ClNO4/c1-8-13(9(2)21-17-8)15(19)20-10(3)14(18)11-4-6-12(16)7-5-11/h4-7,10H,1-3H3/t10-/m0/s1. The van der Waals surface area contributed by atoms with E-state index in [9.17, 15) is 9.59 Å². The number of ether oxygens (including phenoxy) is 1. The van der Waals surface area contributed by atoms with E-state index in [0.29, 0.717) is 22.0 Å².